The molecule has 6 heteroatoms. The second kappa shape index (κ2) is 16.0. The van der Waals surface area contributed by atoms with Crippen LogP contribution >= 0.6 is 0 Å². The molecule has 1 fully saturated rings. The molecule has 5 aromatic rings. The Labute approximate surface area is 333 Å². The van der Waals surface area contributed by atoms with E-state index in [4.69, 9.17) is 4.74 Å². The van der Waals surface area contributed by atoms with E-state index in [1.54, 1.807) is 23.6 Å². The molecule has 2 aliphatic heterocycles. The Morgan fingerprint density at radius 1 is 0.786 bits per heavy atom. The van der Waals surface area contributed by atoms with Crippen molar-refractivity contribution in [1.29, 1.82) is 5.26 Å². The summed E-state index contributed by atoms with van der Waals surface area (Å²) in [5.41, 5.74) is 12.3. The number of fused-ring (bicyclic) bond motifs is 6. The quantitative estimate of drug-likeness (QED) is 0.0529. The van der Waals surface area contributed by atoms with Crippen LogP contribution in [0.15, 0.2) is 109 Å². The molecule has 0 radical (unpaired) electrons. The van der Waals surface area contributed by atoms with Crippen molar-refractivity contribution in [2.45, 2.75) is 95.7 Å². The van der Waals surface area contributed by atoms with Gasteiger partial charge in [-0.15, -0.1) is 0 Å². The number of unbranched alkanes of at least 4 members (excludes halogenated alkanes) is 4. The van der Waals surface area contributed by atoms with E-state index in [1.807, 2.05) is 12.1 Å². The zero-order valence-corrected chi connectivity index (χ0v) is 34.0. The van der Waals surface area contributed by atoms with Gasteiger partial charge in [0.2, 0.25) is 0 Å². The lowest BCUT2D eigenvalue weighted by atomic mass is 9.93. The summed E-state index contributed by atoms with van der Waals surface area (Å²) in [6.07, 6.45) is 12.6. The SMILES string of the molecule is CCCCC[Si]1(CCCCC)c2cc(-c3ccc(/C=C(/C#N)C(=O)O)cc3)ccc2-c2ccc(-c3ccc4c(c3)C3CCCC3N4c3ccc(OC)cc3)cc21. The van der Waals surface area contributed by atoms with E-state index in [9.17, 15) is 15.2 Å². The highest BCUT2D eigenvalue weighted by atomic mass is 28.3. The lowest BCUT2D eigenvalue weighted by Crippen LogP contribution is -2.55. The molecule has 1 aliphatic carbocycles. The van der Waals surface area contributed by atoms with Crippen LogP contribution in [-0.4, -0.2) is 32.3 Å². The minimum Gasteiger partial charge on any atom is -0.497 e. The molecule has 56 heavy (non-hydrogen) atoms. The smallest absolute Gasteiger partial charge is 0.346 e. The average molecular weight is 757 g/mol. The van der Waals surface area contributed by atoms with Gasteiger partial charge >= 0.3 is 5.97 Å². The Morgan fingerprint density at radius 2 is 1.38 bits per heavy atom. The third-order valence-electron chi connectivity index (χ3n) is 12.9. The number of carboxylic acids is 1. The fourth-order valence-electron chi connectivity index (χ4n) is 10.1. The van der Waals surface area contributed by atoms with Gasteiger partial charge in [-0.3, -0.25) is 0 Å². The fourth-order valence-corrected chi connectivity index (χ4v) is 15.7. The van der Waals surface area contributed by atoms with Gasteiger partial charge in [-0.25, -0.2) is 4.79 Å². The Balaban J connectivity index is 1.19. The van der Waals surface area contributed by atoms with Crippen molar-refractivity contribution < 1.29 is 14.6 Å². The molecular weight excluding hydrogens is 705 g/mol. The largest absolute Gasteiger partial charge is 0.497 e. The molecular formula is C50H52N2O3Si. The number of methoxy groups -OCH3 is 1. The van der Waals surface area contributed by atoms with Gasteiger partial charge in [0.05, 0.1) is 7.11 Å². The van der Waals surface area contributed by atoms with Gasteiger partial charge in [0.25, 0.3) is 0 Å². The molecule has 3 aliphatic rings. The first-order chi connectivity index (χ1) is 27.4. The highest BCUT2D eigenvalue weighted by Crippen LogP contribution is 2.53. The monoisotopic (exact) mass is 756 g/mol. The topological polar surface area (TPSA) is 73.6 Å². The number of hydrogen-bond acceptors (Lipinski definition) is 4. The van der Waals surface area contributed by atoms with Crippen LogP contribution in [0.4, 0.5) is 11.4 Å². The van der Waals surface area contributed by atoms with Gasteiger partial charge in [0, 0.05) is 23.3 Å². The van der Waals surface area contributed by atoms with Crippen LogP contribution in [0.25, 0.3) is 39.5 Å². The van der Waals surface area contributed by atoms with E-state index < -0.39 is 14.0 Å². The van der Waals surface area contributed by atoms with Crippen molar-refractivity contribution in [1.82, 2.24) is 0 Å². The van der Waals surface area contributed by atoms with Gasteiger partial charge in [-0.05, 0) is 122 Å². The van der Waals surface area contributed by atoms with E-state index in [0.717, 1.165) is 11.3 Å². The Kier molecular flexibility index (Phi) is 10.7. The minimum atomic E-state index is -2.16. The normalized spacial score (nSPS) is 17.5. The first kappa shape index (κ1) is 37.5. The summed E-state index contributed by atoms with van der Waals surface area (Å²) in [4.78, 5) is 14.0. The van der Waals surface area contributed by atoms with Crippen LogP contribution in [-0.2, 0) is 4.79 Å². The maximum atomic E-state index is 11.4. The second-order valence-corrected chi connectivity index (χ2v) is 20.3. The molecule has 2 unspecified atom stereocenters. The molecule has 284 valence electrons. The number of anilines is 2. The summed E-state index contributed by atoms with van der Waals surface area (Å²) < 4.78 is 5.48. The van der Waals surface area contributed by atoms with Crippen molar-refractivity contribution in [2.75, 3.05) is 12.0 Å². The lowest BCUT2D eigenvalue weighted by Gasteiger charge is -2.31. The molecule has 0 aromatic heterocycles. The molecule has 0 bridgehead atoms. The van der Waals surface area contributed by atoms with Crippen molar-refractivity contribution in [3.63, 3.8) is 0 Å². The number of ether oxygens (including phenoxy) is 1. The van der Waals surface area contributed by atoms with Crippen molar-refractivity contribution >= 4 is 41.9 Å². The lowest BCUT2D eigenvalue weighted by molar-refractivity contribution is -0.132. The van der Waals surface area contributed by atoms with Crippen molar-refractivity contribution in [3.05, 3.63) is 120 Å². The molecule has 5 nitrogen and oxygen atoms in total. The second-order valence-electron chi connectivity index (χ2n) is 16.1. The fraction of sp³-hybridized carbons (Fsp3) is 0.320. The van der Waals surface area contributed by atoms with Gasteiger partial charge in [0.1, 0.15) is 25.5 Å². The molecule has 1 N–H and O–H groups in total. The molecule has 1 saturated carbocycles. The van der Waals surface area contributed by atoms with E-state index in [1.165, 1.54) is 121 Å². The van der Waals surface area contributed by atoms with E-state index in [2.05, 4.69) is 110 Å². The number of aliphatic carboxylic acids is 1. The van der Waals surface area contributed by atoms with Crippen LogP contribution < -0.4 is 20.0 Å². The van der Waals surface area contributed by atoms with Crippen molar-refractivity contribution in [3.8, 4) is 45.2 Å². The number of benzene rings is 5. The predicted molar refractivity (Wildman–Crippen MR) is 233 cm³/mol. The molecule has 8 rings (SSSR count). The van der Waals surface area contributed by atoms with Gasteiger partial charge in [-0.2, -0.15) is 5.26 Å². The number of carbonyl (C=O) groups is 1. The molecule has 2 atom stereocenters. The molecule has 0 spiro atoms. The molecule has 0 amide bonds. The first-order valence-electron chi connectivity index (χ1n) is 20.7. The molecule has 0 saturated heterocycles. The number of carboxylic acid groups (broad SMARTS) is 1. The van der Waals surface area contributed by atoms with E-state index in [-0.39, 0.29) is 5.57 Å². The summed E-state index contributed by atoms with van der Waals surface area (Å²) in [5, 5.41) is 21.8. The minimum absolute atomic E-state index is 0.263. The van der Waals surface area contributed by atoms with Crippen LogP contribution in [0.5, 0.6) is 5.75 Å². The van der Waals surface area contributed by atoms with Crippen LogP contribution in [0.3, 0.4) is 0 Å². The summed E-state index contributed by atoms with van der Waals surface area (Å²) >= 11 is 0. The third kappa shape index (κ3) is 6.77. The number of rotatable bonds is 14. The van der Waals surface area contributed by atoms with Crippen LogP contribution in [0, 0.1) is 11.3 Å². The van der Waals surface area contributed by atoms with E-state index in [0.29, 0.717) is 17.5 Å². The number of nitriles is 1. The first-order valence-corrected chi connectivity index (χ1v) is 23.1. The number of hydrogen-bond donors (Lipinski definition) is 1. The van der Waals surface area contributed by atoms with Gasteiger partial charge in [0.15, 0.2) is 0 Å². The number of nitrogens with zero attached hydrogens (tertiary/aromatic N) is 2. The van der Waals surface area contributed by atoms with Gasteiger partial charge in [-0.1, -0.05) is 126 Å². The third-order valence-corrected chi connectivity index (χ3v) is 18.2. The summed E-state index contributed by atoms with van der Waals surface area (Å²) in [6, 6.07) is 43.2. The Bertz CT molecular complexity index is 2310. The highest BCUT2D eigenvalue weighted by molar-refractivity contribution is 7.05. The van der Waals surface area contributed by atoms with Crippen molar-refractivity contribution in [2.24, 2.45) is 0 Å². The Hall–Kier alpha value is -5.38. The van der Waals surface area contributed by atoms with E-state index >= 15 is 0 Å². The average Bonchev–Trinajstić information content (AvgIpc) is 3.90. The zero-order chi connectivity index (χ0) is 38.8. The standard InChI is InChI=1S/C50H52N2O3Si/c1-4-6-8-27-56(28-9-7-5-2)48-31-37(35-15-13-34(14-16-35)29-39(33-51)50(53)54)17-24-43(48)44-25-18-38(32-49(44)56)36-19-26-47-45(30-36)42-11-10-12-46(42)52(47)40-20-22-41(55-3)23-21-40/h13-26,29-32,42,46H,4-12,27-28H2,1-3H3,(H,53,54)/b39-29-. The predicted octanol–water partition coefficient (Wildman–Crippen LogP) is 11.7. The van der Waals surface area contributed by atoms with Gasteiger partial charge < -0.3 is 14.7 Å². The molecule has 5 aromatic carbocycles. The summed E-state index contributed by atoms with van der Waals surface area (Å²) in [5.74, 6) is 0.236. The van der Waals surface area contributed by atoms with Crippen LogP contribution in [0.2, 0.25) is 12.1 Å². The molecule has 2 heterocycles. The Morgan fingerprint density at radius 3 is 1.96 bits per heavy atom. The maximum Gasteiger partial charge on any atom is 0.346 e. The van der Waals surface area contributed by atoms with Crippen LogP contribution in [0.1, 0.15) is 88.7 Å². The highest BCUT2D eigenvalue weighted by Gasteiger charge is 2.45. The summed E-state index contributed by atoms with van der Waals surface area (Å²) in [7, 11) is -0.432. The summed E-state index contributed by atoms with van der Waals surface area (Å²) in [6.45, 7) is 4.62. The maximum absolute atomic E-state index is 11.4. The zero-order valence-electron chi connectivity index (χ0n) is 33.0.